The second kappa shape index (κ2) is 6.98. The molecule has 1 unspecified atom stereocenters. The van der Waals surface area contributed by atoms with E-state index in [9.17, 15) is 0 Å². The molecule has 1 aliphatic rings. The van der Waals surface area contributed by atoms with E-state index in [4.69, 9.17) is 23.1 Å². The van der Waals surface area contributed by atoms with E-state index < -0.39 is 0 Å². The van der Waals surface area contributed by atoms with Gasteiger partial charge in [0.2, 0.25) is 0 Å². The molecule has 19 heavy (non-hydrogen) atoms. The summed E-state index contributed by atoms with van der Waals surface area (Å²) in [7, 11) is 0. The Bertz CT molecular complexity index is 417. The lowest BCUT2D eigenvalue weighted by Crippen LogP contribution is -2.39. The fraction of sp³-hybridized carbons (Fsp3) is 0.533. The van der Waals surface area contributed by atoms with Crippen molar-refractivity contribution >= 4 is 17.2 Å². The molecule has 0 aromatic heterocycles. The molecule has 1 aromatic carbocycles. The van der Waals surface area contributed by atoms with Gasteiger partial charge >= 0.3 is 0 Å². The standard InChI is InChI=1S/C15H22N2OS/c16-15(19)13-6-4-12(5-7-13)11-17-9-2-1-3-14(17)8-10-18/h4-7,14,18H,1-3,8-11H2,(H2,16,19). The molecule has 1 atom stereocenters. The molecule has 104 valence electrons. The van der Waals surface area contributed by atoms with Crippen molar-refractivity contribution in [1.29, 1.82) is 0 Å². The van der Waals surface area contributed by atoms with Crippen molar-refractivity contribution in [3.63, 3.8) is 0 Å². The maximum Gasteiger partial charge on any atom is 0.103 e. The van der Waals surface area contributed by atoms with E-state index >= 15 is 0 Å². The van der Waals surface area contributed by atoms with Crippen molar-refractivity contribution in [3.05, 3.63) is 35.4 Å². The number of rotatable bonds is 5. The fourth-order valence-electron chi connectivity index (χ4n) is 2.75. The van der Waals surface area contributed by atoms with Crippen LogP contribution in [0.25, 0.3) is 0 Å². The first-order valence-corrected chi connectivity index (χ1v) is 7.35. The highest BCUT2D eigenvalue weighted by atomic mass is 32.1. The third-order valence-corrected chi connectivity index (χ3v) is 4.07. The summed E-state index contributed by atoms with van der Waals surface area (Å²) in [6, 6.07) is 8.69. The molecule has 0 spiro atoms. The molecular formula is C15H22N2OS. The smallest absolute Gasteiger partial charge is 0.103 e. The minimum Gasteiger partial charge on any atom is -0.396 e. The average molecular weight is 278 g/mol. The van der Waals surface area contributed by atoms with Gasteiger partial charge in [-0.3, -0.25) is 4.90 Å². The van der Waals surface area contributed by atoms with Crippen molar-refractivity contribution < 1.29 is 5.11 Å². The highest BCUT2D eigenvalue weighted by molar-refractivity contribution is 7.80. The molecule has 0 aliphatic carbocycles. The number of likely N-dealkylation sites (tertiary alicyclic amines) is 1. The van der Waals surface area contributed by atoms with Crippen molar-refractivity contribution in [2.45, 2.75) is 38.3 Å². The van der Waals surface area contributed by atoms with Gasteiger partial charge in [-0.2, -0.15) is 0 Å². The molecule has 3 nitrogen and oxygen atoms in total. The van der Waals surface area contributed by atoms with Crippen LogP contribution in [-0.4, -0.2) is 34.2 Å². The summed E-state index contributed by atoms with van der Waals surface area (Å²) in [5.41, 5.74) is 7.81. The van der Waals surface area contributed by atoms with Crippen LogP contribution in [0.3, 0.4) is 0 Å². The maximum atomic E-state index is 9.14. The van der Waals surface area contributed by atoms with E-state index in [-0.39, 0.29) is 6.61 Å². The number of piperidine rings is 1. The van der Waals surface area contributed by atoms with Crippen LogP contribution in [0.1, 0.15) is 36.8 Å². The molecular weight excluding hydrogens is 256 g/mol. The van der Waals surface area contributed by atoms with Crippen molar-refractivity contribution in [1.82, 2.24) is 4.90 Å². The van der Waals surface area contributed by atoms with Crippen LogP contribution >= 0.6 is 12.2 Å². The van der Waals surface area contributed by atoms with E-state index in [1.807, 2.05) is 12.1 Å². The molecule has 1 heterocycles. The third-order valence-electron chi connectivity index (χ3n) is 3.84. The largest absolute Gasteiger partial charge is 0.396 e. The Morgan fingerprint density at radius 3 is 2.68 bits per heavy atom. The van der Waals surface area contributed by atoms with Crippen LogP contribution in [-0.2, 0) is 6.54 Å². The van der Waals surface area contributed by atoms with Gasteiger partial charge in [-0.25, -0.2) is 0 Å². The second-order valence-corrected chi connectivity index (χ2v) is 5.63. The number of aliphatic hydroxyl groups excluding tert-OH is 1. The zero-order chi connectivity index (χ0) is 13.7. The molecule has 1 aromatic rings. The molecule has 0 radical (unpaired) electrons. The lowest BCUT2D eigenvalue weighted by atomic mass is 9.98. The minimum atomic E-state index is 0.279. The first kappa shape index (κ1) is 14.4. The van der Waals surface area contributed by atoms with Gasteiger partial charge in [0.25, 0.3) is 0 Å². The normalized spacial score (nSPS) is 20.4. The van der Waals surface area contributed by atoms with E-state index in [1.54, 1.807) is 0 Å². The highest BCUT2D eigenvalue weighted by Gasteiger charge is 2.21. The number of aliphatic hydroxyl groups is 1. The zero-order valence-electron chi connectivity index (χ0n) is 11.2. The van der Waals surface area contributed by atoms with Gasteiger partial charge in [0, 0.05) is 24.8 Å². The van der Waals surface area contributed by atoms with Crippen molar-refractivity contribution in [3.8, 4) is 0 Å². The number of hydrogen-bond donors (Lipinski definition) is 2. The summed E-state index contributed by atoms with van der Waals surface area (Å²) in [6.45, 7) is 2.35. The molecule has 0 saturated carbocycles. The van der Waals surface area contributed by atoms with E-state index in [1.165, 1.54) is 24.8 Å². The monoisotopic (exact) mass is 278 g/mol. The Labute approximate surface area is 120 Å². The van der Waals surface area contributed by atoms with Crippen LogP contribution in [0.2, 0.25) is 0 Å². The minimum absolute atomic E-state index is 0.279. The van der Waals surface area contributed by atoms with Crippen LogP contribution < -0.4 is 5.73 Å². The van der Waals surface area contributed by atoms with Crippen LogP contribution in [0, 0.1) is 0 Å². The van der Waals surface area contributed by atoms with E-state index in [0.29, 0.717) is 11.0 Å². The molecule has 0 amide bonds. The fourth-order valence-corrected chi connectivity index (χ4v) is 2.89. The van der Waals surface area contributed by atoms with Crippen molar-refractivity contribution in [2.24, 2.45) is 5.73 Å². The van der Waals surface area contributed by atoms with Gasteiger partial charge in [-0.1, -0.05) is 42.9 Å². The Morgan fingerprint density at radius 1 is 1.32 bits per heavy atom. The van der Waals surface area contributed by atoms with Crippen molar-refractivity contribution in [2.75, 3.05) is 13.2 Å². The summed E-state index contributed by atoms with van der Waals surface area (Å²) in [6.07, 6.45) is 4.62. The second-order valence-electron chi connectivity index (χ2n) is 5.19. The van der Waals surface area contributed by atoms with E-state index in [2.05, 4.69) is 17.0 Å². The summed E-state index contributed by atoms with van der Waals surface area (Å²) in [5, 5.41) is 9.14. The first-order chi connectivity index (χ1) is 9.20. The van der Waals surface area contributed by atoms with Gasteiger partial charge in [-0.05, 0) is 31.4 Å². The van der Waals surface area contributed by atoms with Gasteiger partial charge in [-0.15, -0.1) is 0 Å². The molecule has 0 bridgehead atoms. The Morgan fingerprint density at radius 2 is 2.05 bits per heavy atom. The van der Waals surface area contributed by atoms with Gasteiger partial charge in [0.15, 0.2) is 0 Å². The molecule has 1 fully saturated rings. The highest BCUT2D eigenvalue weighted by Crippen LogP contribution is 2.21. The quantitative estimate of drug-likeness (QED) is 0.810. The first-order valence-electron chi connectivity index (χ1n) is 6.94. The number of hydrogen-bond acceptors (Lipinski definition) is 3. The molecule has 2 rings (SSSR count). The maximum absolute atomic E-state index is 9.14. The Balaban J connectivity index is 2.00. The predicted octanol–water partition coefficient (Wildman–Crippen LogP) is 2.06. The third kappa shape index (κ3) is 4.00. The number of nitrogens with zero attached hydrogens (tertiary/aromatic N) is 1. The zero-order valence-corrected chi connectivity index (χ0v) is 12.0. The summed E-state index contributed by atoms with van der Waals surface area (Å²) in [4.78, 5) is 2.93. The number of nitrogens with two attached hydrogens (primary N) is 1. The van der Waals surface area contributed by atoms with Gasteiger partial charge in [0.1, 0.15) is 4.99 Å². The average Bonchev–Trinajstić information content (AvgIpc) is 2.42. The Kier molecular flexibility index (Phi) is 5.31. The van der Waals surface area contributed by atoms with Crippen LogP contribution in [0.5, 0.6) is 0 Å². The van der Waals surface area contributed by atoms with Gasteiger partial charge in [0.05, 0.1) is 0 Å². The summed E-state index contributed by atoms with van der Waals surface area (Å²) in [5.74, 6) is 0. The summed E-state index contributed by atoms with van der Waals surface area (Å²) >= 11 is 4.96. The van der Waals surface area contributed by atoms with Crippen LogP contribution in [0.4, 0.5) is 0 Å². The number of thiocarbonyl (C=S) groups is 1. The SMILES string of the molecule is NC(=S)c1ccc(CN2CCCCC2CCO)cc1. The predicted molar refractivity (Wildman–Crippen MR) is 82.1 cm³/mol. The molecule has 1 saturated heterocycles. The summed E-state index contributed by atoms with van der Waals surface area (Å²) < 4.78 is 0. The lowest BCUT2D eigenvalue weighted by molar-refractivity contribution is 0.112. The van der Waals surface area contributed by atoms with Crippen LogP contribution in [0.15, 0.2) is 24.3 Å². The lowest BCUT2D eigenvalue weighted by Gasteiger charge is -2.35. The van der Waals surface area contributed by atoms with Gasteiger partial charge < -0.3 is 10.8 Å². The molecule has 1 aliphatic heterocycles. The number of benzene rings is 1. The molecule has 4 heteroatoms. The topological polar surface area (TPSA) is 49.5 Å². The Hall–Kier alpha value is -0.970. The van der Waals surface area contributed by atoms with E-state index in [0.717, 1.165) is 25.1 Å². The molecule has 3 N–H and O–H groups in total.